The van der Waals surface area contributed by atoms with Gasteiger partial charge in [-0.2, -0.15) is 0 Å². The number of hydrogen-bond acceptors (Lipinski definition) is 2. The molecule has 1 aliphatic carbocycles. The Labute approximate surface area is 92.0 Å². The molecule has 2 heteroatoms. The van der Waals surface area contributed by atoms with Crippen LogP contribution in [0.4, 0.5) is 0 Å². The maximum atomic E-state index is 11.5. The van der Waals surface area contributed by atoms with Gasteiger partial charge >= 0.3 is 0 Å². The van der Waals surface area contributed by atoms with Gasteiger partial charge in [0.05, 0.1) is 6.61 Å². The van der Waals surface area contributed by atoms with E-state index < -0.39 is 0 Å². The molecule has 0 aromatic rings. The lowest BCUT2D eigenvalue weighted by atomic mass is 9.90. The van der Waals surface area contributed by atoms with Crippen molar-refractivity contribution in [2.75, 3.05) is 13.2 Å². The maximum Gasteiger partial charge on any atom is 0.158 e. The van der Waals surface area contributed by atoms with Crippen molar-refractivity contribution in [2.24, 2.45) is 11.3 Å². The normalized spacial score (nSPS) is 16.2. The van der Waals surface area contributed by atoms with E-state index in [9.17, 15) is 4.79 Å². The summed E-state index contributed by atoms with van der Waals surface area (Å²) in [5.74, 6) is 0.542. The summed E-state index contributed by atoms with van der Waals surface area (Å²) in [4.78, 5) is 11.5. The molecule has 0 aromatic carbocycles. The Hall–Kier alpha value is -0.890. The Kier molecular flexibility index (Phi) is 4.28. The van der Waals surface area contributed by atoms with Gasteiger partial charge in [0.2, 0.25) is 0 Å². The van der Waals surface area contributed by atoms with Crippen LogP contribution in [-0.2, 0) is 9.53 Å². The van der Waals surface area contributed by atoms with Crippen molar-refractivity contribution < 1.29 is 9.53 Å². The van der Waals surface area contributed by atoms with Crippen molar-refractivity contribution in [3.8, 4) is 0 Å². The molecular formula is C13H20O2. The summed E-state index contributed by atoms with van der Waals surface area (Å²) in [5, 5.41) is 0. The van der Waals surface area contributed by atoms with E-state index in [0.29, 0.717) is 18.9 Å². The third kappa shape index (κ3) is 5.53. The topological polar surface area (TPSA) is 26.3 Å². The lowest BCUT2D eigenvalue weighted by Gasteiger charge is -2.16. The average Bonchev–Trinajstić information content (AvgIpc) is 2.53. The highest BCUT2D eigenvalue weighted by atomic mass is 16.5. The molecule has 0 spiro atoms. The molecule has 1 rings (SSSR count). The summed E-state index contributed by atoms with van der Waals surface area (Å²) in [5.41, 5.74) is 0.0631. The molecule has 0 fully saturated rings. The number of carbonyl (C=O) groups is 1. The minimum absolute atomic E-state index is 0.0631. The predicted molar refractivity (Wildman–Crippen MR) is 61.7 cm³/mol. The number of rotatable bonds is 5. The molecule has 0 atom stereocenters. The summed E-state index contributed by atoms with van der Waals surface area (Å²) < 4.78 is 5.37. The Morgan fingerprint density at radius 1 is 1.27 bits per heavy atom. The molecule has 0 heterocycles. The van der Waals surface area contributed by atoms with Crippen LogP contribution in [0.3, 0.4) is 0 Å². The zero-order chi connectivity index (χ0) is 11.3. The quantitative estimate of drug-likeness (QED) is 0.694. The molecule has 84 valence electrons. The number of allylic oxidation sites excluding steroid dienone is 2. The number of carbonyl (C=O) groups excluding carboxylic acids is 1. The molecule has 0 N–H and O–H groups in total. The van der Waals surface area contributed by atoms with Crippen LogP contribution >= 0.6 is 0 Å². The lowest BCUT2D eigenvalue weighted by molar-refractivity contribution is -0.125. The van der Waals surface area contributed by atoms with Crippen LogP contribution in [-0.4, -0.2) is 19.0 Å². The molecule has 1 aliphatic rings. The SMILES string of the molecule is CC(C)(C)CC(=O)COCC1C=CC=C1. The Morgan fingerprint density at radius 2 is 1.87 bits per heavy atom. The molecule has 0 saturated heterocycles. The number of Topliss-reactive ketones (excluding diaryl/α,β-unsaturated/α-hetero) is 1. The van der Waals surface area contributed by atoms with E-state index in [4.69, 9.17) is 4.74 Å². The van der Waals surface area contributed by atoms with Gasteiger partial charge in [0.25, 0.3) is 0 Å². The highest BCUT2D eigenvalue weighted by Crippen LogP contribution is 2.18. The van der Waals surface area contributed by atoms with Crippen LogP contribution < -0.4 is 0 Å². The van der Waals surface area contributed by atoms with Gasteiger partial charge in [0.15, 0.2) is 5.78 Å². The molecule has 0 aromatic heterocycles. The van der Waals surface area contributed by atoms with Gasteiger partial charge in [-0.05, 0) is 5.41 Å². The van der Waals surface area contributed by atoms with E-state index >= 15 is 0 Å². The van der Waals surface area contributed by atoms with E-state index in [1.807, 2.05) is 12.2 Å². The molecule has 15 heavy (non-hydrogen) atoms. The molecular weight excluding hydrogens is 188 g/mol. The fourth-order valence-electron chi connectivity index (χ4n) is 1.54. The summed E-state index contributed by atoms with van der Waals surface area (Å²) in [6.07, 6.45) is 8.75. The van der Waals surface area contributed by atoms with E-state index in [-0.39, 0.29) is 17.8 Å². The van der Waals surface area contributed by atoms with Gasteiger partial charge < -0.3 is 4.74 Å². The fraction of sp³-hybridized carbons (Fsp3) is 0.615. The first kappa shape index (κ1) is 12.2. The number of hydrogen-bond donors (Lipinski definition) is 0. The van der Waals surface area contributed by atoms with Crippen LogP contribution in [0.5, 0.6) is 0 Å². The van der Waals surface area contributed by atoms with Gasteiger partial charge in [-0.15, -0.1) is 0 Å². The maximum absolute atomic E-state index is 11.5. The molecule has 0 bridgehead atoms. The second-order valence-corrected chi connectivity index (χ2v) is 5.22. The van der Waals surface area contributed by atoms with E-state index in [1.54, 1.807) is 0 Å². The van der Waals surface area contributed by atoms with Crippen molar-refractivity contribution in [2.45, 2.75) is 27.2 Å². The largest absolute Gasteiger partial charge is 0.373 e. The summed E-state index contributed by atoms with van der Waals surface area (Å²) in [7, 11) is 0. The zero-order valence-electron chi connectivity index (χ0n) is 9.82. The van der Waals surface area contributed by atoms with Gasteiger partial charge in [-0.3, -0.25) is 4.79 Å². The standard InChI is InChI=1S/C13H20O2/c1-13(2,3)8-12(14)10-15-9-11-6-4-5-7-11/h4-7,11H,8-10H2,1-3H3. The van der Waals surface area contributed by atoms with Crippen molar-refractivity contribution in [3.05, 3.63) is 24.3 Å². The smallest absolute Gasteiger partial charge is 0.158 e. The molecule has 0 saturated carbocycles. The lowest BCUT2D eigenvalue weighted by Crippen LogP contribution is -2.18. The number of ether oxygens (including phenoxy) is 1. The Morgan fingerprint density at radius 3 is 2.40 bits per heavy atom. The predicted octanol–water partition coefficient (Wildman–Crippen LogP) is 2.75. The average molecular weight is 208 g/mol. The molecule has 0 unspecified atom stereocenters. The van der Waals surface area contributed by atoms with Crippen LogP contribution in [0.1, 0.15) is 27.2 Å². The van der Waals surface area contributed by atoms with Crippen LogP contribution in [0.25, 0.3) is 0 Å². The third-order valence-electron chi connectivity index (χ3n) is 2.13. The van der Waals surface area contributed by atoms with Crippen LogP contribution in [0.15, 0.2) is 24.3 Å². The first-order valence-corrected chi connectivity index (χ1v) is 5.42. The molecule has 0 aliphatic heterocycles. The van der Waals surface area contributed by atoms with Crippen molar-refractivity contribution >= 4 is 5.78 Å². The van der Waals surface area contributed by atoms with Gasteiger partial charge in [-0.25, -0.2) is 0 Å². The minimum atomic E-state index is 0.0631. The summed E-state index contributed by atoms with van der Waals surface area (Å²) in [6, 6.07) is 0. The minimum Gasteiger partial charge on any atom is -0.373 e. The van der Waals surface area contributed by atoms with Gasteiger partial charge in [0.1, 0.15) is 6.61 Å². The number of ketones is 1. The molecule has 0 amide bonds. The van der Waals surface area contributed by atoms with Crippen LogP contribution in [0, 0.1) is 11.3 Å². The summed E-state index contributed by atoms with van der Waals surface area (Å²) >= 11 is 0. The van der Waals surface area contributed by atoms with Crippen molar-refractivity contribution in [1.29, 1.82) is 0 Å². The first-order chi connectivity index (χ1) is 6.97. The van der Waals surface area contributed by atoms with Crippen molar-refractivity contribution in [3.63, 3.8) is 0 Å². The van der Waals surface area contributed by atoms with Gasteiger partial charge in [0, 0.05) is 12.3 Å². The zero-order valence-corrected chi connectivity index (χ0v) is 9.82. The molecule has 2 nitrogen and oxygen atoms in total. The fourth-order valence-corrected chi connectivity index (χ4v) is 1.54. The van der Waals surface area contributed by atoms with E-state index in [1.165, 1.54) is 0 Å². The second kappa shape index (κ2) is 5.26. The van der Waals surface area contributed by atoms with Crippen molar-refractivity contribution in [1.82, 2.24) is 0 Å². The highest BCUT2D eigenvalue weighted by molar-refractivity contribution is 5.80. The monoisotopic (exact) mass is 208 g/mol. The first-order valence-electron chi connectivity index (χ1n) is 5.42. The summed E-state index contributed by atoms with van der Waals surface area (Å²) in [6.45, 7) is 7.05. The third-order valence-corrected chi connectivity index (χ3v) is 2.13. The van der Waals surface area contributed by atoms with Gasteiger partial charge in [-0.1, -0.05) is 45.1 Å². The van der Waals surface area contributed by atoms with E-state index in [2.05, 4.69) is 32.9 Å². The van der Waals surface area contributed by atoms with E-state index in [0.717, 1.165) is 0 Å². The molecule has 0 radical (unpaired) electrons. The second-order valence-electron chi connectivity index (χ2n) is 5.22. The highest BCUT2D eigenvalue weighted by Gasteiger charge is 2.16. The Bertz CT molecular complexity index is 257. The van der Waals surface area contributed by atoms with Crippen LogP contribution in [0.2, 0.25) is 0 Å². The Balaban J connectivity index is 2.12.